The predicted octanol–water partition coefficient (Wildman–Crippen LogP) is 2.53. The van der Waals surface area contributed by atoms with Crippen LogP contribution in [0.4, 0.5) is 0 Å². The van der Waals surface area contributed by atoms with Gasteiger partial charge in [-0.05, 0) is 47.6 Å². The fourth-order valence-corrected chi connectivity index (χ4v) is 2.39. The molecule has 3 nitrogen and oxygen atoms in total. The molecule has 0 unspecified atom stereocenters. The highest BCUT2D eigenvalue weighted by Gasteiger charge is 2.32. The lowest BCUT2D eigenvalue weighted by atomic mass is 10.1. The molecule has 1 aromatic carbocycles. The van der Waals surface area contributed by atoms with E-state index in [4.69, 9.17) is 4.74 Å². The van der Waals surface area contributed by atoms with E-state index in [0.717, 1.165) is 16.4 Å². The Morgan fingerprint density at radius 1 is 1.50 bits per heavy atom. The van der Waals surface area contributed by atoms with Crippen LogP contribution >= 0.6 is 22.6 Å². The van der Waals surface area contributed by atoms with Gasteiger partial charge in [0.2, 0.25) is 0 Å². The summed E-state index contributed by atoms with van der Waals surface area (Å²) in [6.45, 7) is 0. The highest BCUT2D eigenvalue weighted by molar-refractivity contribution is 14.1. The number of amides is 1. The lowest BCUT2D eigenvalue weighted by Crippen LogP contribution is -2.29. The van der Waals surface area contributed by atoms with Crippen molar-refractivity contribution in [2.75, 3.05) is 14.2 Å². The molecule has 1 amide bonds. The second kappa shape index (κ2) is 4.61. The largest absolute Gasteiger partial charge is 0.496 e. The quantitative estimate of drug-likeness (QED) is 0.797. The van der Waals surface area contributed by atoms with E-state index >= 15 is 0 Å². The first-order chi connectivity index (χ1) is 7.65. The molecule has 1 aliphatic rings. The summed E-state index contributed by atoms with van der Waals surface area (Å²) in [6.07, 6.45) is 2.24. The molecular weight excluding hydrogens is 317 g/mol. The zero-order valence-corrected chi connectivity index (χ0v) is 11.5. The van der Waals surface area contributed by atoms with Gasteiger partial charge in [0.15, 0.2) is 0 Å². The highest BCUT2D eigenvalue weighted by atomic mass is 127. The van der Waals surface area contributed by atoms with E-state index in [-0.39, 0.29) is 5.91 Å². The molecule has 1 aromatic rings. The lowest BCUT2D eigenvalue weighted by molar-refractivity contribution is 0.0780. The molecule has 1 fully saturated rings. The summed E-state index contributed by atoms with van der Waals surface area (Å²) < 4.78 is 6.18. The predicted molar refractivity (Wildman–Crippen MR) is 70.8 cm³/mol. The van der Waals surface area contributed by atoms with Crippen molar-refractivity contribution < 1.29 is 9.53 Å². The van der Waals surface area contributed by atoms with Crippen molar-refractivity contribution in [3.05, 3.63) is 27.3 Å². The van der Waals surface area contributed by atoms with Gasteiger partial charge in [0.25, 0.3) is 5.91 Å². The van der Waals surface area contributed by atoms with Gasteiger partial charge in [-0.25, -0.2) is 0 Å². The van der Waals surface area contributed by atoms with Gasteiger partial charge >= 0.3 is 0 Å². The third kappa shape index (κ3) is 2.16. The summed E-state index contributed by atoms with van der Waals surface area (Å²) in [5.41, 5.74) is 0.681. The lowest BCUT2D eigenvalue weighted by Gasteiger charge is -2.18. The van der Waals surface area contributed by atoms with Crippen LogP contribution in [0.2, 0.25) is 0 Å². The Labute approximate surface area is 109 Å². The van der Waals surface area contributed by atoms with E-state index in [0.29, 0.717) is 17.4 Å². The fraction of sp³-hybridized carbons (Fsp3) is 0.417. The maximum atomic E-state index is 12.3. The number of hydrogen-bond acceptors (Lipinski definition) is 2. The molecule has 1 saturated carbocycles. The summed E-state index contributed by atoms with van der Waals surface area (Å²) in [5, 5.41) is 0. The maximum Gasteiger partial charge on any atom is 0.258 e. The summed E-state index contributed by atoms with van der Waals surface area (Å²) in [5.74, 6) is 0.716. The second-order valence-electron chi connectivity index (χ2n) is 3.96. The van der Waals surface area contributed by atoms with Crippen molar-refractivity contribution in [2.45, 2.75) is 18.9 Å². The Morgan fingerprint density at radius 2 is 2.19 bits per heavy atom. The molecule has 2 rings (SSSR count). The van der Waals surface area contributed by atoms with E-state index in [1.807, 2.05) is 30.1 Å². The molecule has 0 saturated heterocycles. The van der Waals surface area contributed by atoms with Crippen LogP contribution in [0.25, 0.3) is 0 Å². The Morgan fingerprint density at radius 3 is 2.75 bits per heavy atom. The van der Waals surface area contributed by atoms with E-state index in [1.54, 1.807) is 7.11 Å². The number of carbonyl (C=O) groups excluding carboxylic acids is 1. The zero-order valence-electron chi connectivity index (χ0n) is 9.37. The van der Waals surface area contributed by atoms with Crippen LogP contribution in [-0.2, 0) is 0 Å². The van der Waals surface area contributed by atoms with Crippen molar-refractivity contribution in [3.63, 3.8) is 0 Å². The molecule has 0 heterocycles. The Kier molecular flexibility index (Phi) is 3.37. The second-order valence-corrected chi connectivity index (χ2v) is 5.13. The Bertz CT molecular complexity index is 415. The first-order valence-electron chi connectivity index (χ1n) is 5.25. The third-order valence-electron chi connectivity index (χ3n) is 2.82. The number of benzene rings is 1. The number of hydrogen-bond donors (Lipinski definition) is 0. The van der Waals surface area contributed by atoms with Crippen molar-refractivity contribution in [3.8, 4) is 5.75 Å². The molecule has 0 N–H and O–H groups in total. The minimum absolute atomic E-state index is 0.0596. The van der Waals surface area contributed by atoms with Gasteiger partial charge in [0.1, 0.15) is 5.75 Å². The van der Waals surface area contributed by atoms with Crippen LogP contribution in [0.1, 0.15) is 23.2 Å². The highest BCUT2D eigenvalue weighted by Crippen LogP contribution is 2.30. The van der Waals surface area contributed by atoms with Gasteiger partial charge in [0, 0.05) is 16.7 Å². The maximum absolute atomic E-state index is 12.3. The van der Waals surface area contributed by atoms with Gasteiger partial charge in [-0.2, -0.15) is 0 Å². The van der Waals surface area contributed by atoms with Gasteiger partial charge < -0.3 is 9.64 Å². The van der Waals surface area contributed by atoms with Crippen LogP contribution in [0, 0.1) is 3.57 Å². The van der Waals surface area contributed by atoms with Gasteiger partial charge in [-0.1, -0.05) is 6.07 Å². The number of methoxy groups -OCH3 is 1. The SMILES string of the molecule is COc1cccc(I)c1C(=O)N(C)C1CC1. The topological polar surface area (TPSA) is 29.5 Å². The minimum atomic E-state index is 0.0596. The average molecular weight is 331 g/mol. The monoisotopic (exact) mass is 331 g/mol. The van der Waals surface area contributed by atoms with Crippen molar-refractivity contribution >= 4 is 28.5 Å². The molecule has 0 aliphatic heterocycles. The molecule has 16 heavy (non-hydrogen) atoms. The molecule has 0 spiro atoms. The Hall–Kier alpha value is -0.780. The molecule has 0 atom stereocenters. The van der Waals surface area contributed by atoms with Crippen molar-refractivity contribution in [1.82, 2.24) is 4.90 Å². The number of ether oxygens (including phenoxy) is 1. The van der Waals surface area contributed by atoms with Crippen LogP contribution in [-0.4, -0.2) is 31.0 Å². The molecule has 86 valence electrons. The van der Waals surface area contributed by atoms with E-state index in [9.17, 15) is 4.79 Å². The first kappa shape index (κ1) is 11.7. The molecule has 0 aromatic heterocycles. The van der Waals surface area contributed by atoms with Gasteiger partial charge in [0.05, 0.1) is 12.7 Å². The number of rotatable bonds is 3. The summed E-state index contributed by atoms with van der Waals surface area (Å²) in [4.78, 5) is 14.1. The van der Waals surface area contributed by atoms with E-state index in [1.165, 1.54) is 0 Å². The third-order valence-corrected chi connectivity index (χ3v) is 3.72. The molecule has 4 heteroatoms. The average Bonchev–Trinajstić information content (AvgIpc) is 3.10. The summed E-state index contributed by atoms with van der Waals surface area (Å²) in [7, 11) is 3.46. The molecular formula is C12H14INO2. The van der Waals surface area contributed by atoms with Crippen LogP contribution in [0.15, 0.2) is 18.2 Å². The summed E-state index contributed by atoms with van der Waals surface area (Å²) in [6, 6.07) is 6.08. The number of halogens is 1. The van der Waals surface area contributed by atoms with Crippen LogP contribution in [0.3, 0.4) is 0 Å². The normalized spacial score (nSPS) is 14.7. The summed E-state index contributed by atoms with van der Waals surface area (Å²) >= 11 is 2.17. The standard InChI is InChI=1S/C12H14INO2/c1-14(8-6-7-8)12(15)11-9(13)4-3-5-10(11)16-2/h3-5,8H,6-7H2,1-2H3. The number of nitrogens with zero attached hydrogens (tertiary/aromatic N) is 1. The first-order valence-corrected chi connectivity index (χ1v) is 6.32. The van der Waals surface area contributed by atoms with Crippen LogP contribution < -0.4 is 4.74 Å². The fourth-order valence-electron chi connectivity index (χ4n) is 1.69. The van der Waals surface area contributed by atoms with Gasteiger partial charge in [-0.3, -0.25) is 4.79 Å². The number of carbonyl (C=O) groups is 1. The van der Waals surface area contributed by atoms with E-state index < -0.39 is 0 Å². The van der Waals surface area contributed by atoms with Gasteiger partial charge in [-0.15, -0.1) is 0 Å². The van der Waals surface area contributed by atoms with Crippen LogP contribution in [0.5, 0.6) is 5.75 Å². The zero-order chi connectivity index (χ0) is 11.7. The minimum Gasteiger partial charge on any atom is -0.496 e. The van der Waals surface area contributed by atoms with Crippen molar-refractivity contribution in [1.29, 1.82) is 0 Å². The molecule has 0 bridgehead atoms. The van der Waals surface area contributed by atoms with Crippen molar-refractivity contribution in [2.24, 2.45) is 0 Å². The van der Waals surface area contributed by atoms with E-state index in [2.05, 4.69) is 22.6 Å². The molecule has 1 aliphatic carbocycles. The Balaban J connectivity index is 2.34. The smallest absolute Gasteiger partial charge is 0.258 e. The molecule has 0 radical (unpaired) electrons.